The number of aryl methyl sites for hydroxylation is 1. The summed E-state index contributed by atoms with van der Waals surface area (Å²) in [5.74, 6) is 0.961. The van der Waals surface area contributed by atoms with Crippen LogP contribution in [0.3, 0.4) is 0 Å². The molecule has 1 amide bonds. The summed E-state index contributed by atoms with van der Waals surface area (Å²) in [7, 11) is 0. The molecule has 1 N–H and O–H groups in total. The Labute approximate surface area is 206 Å². The van der Waals surface area contributed by atoms with Crippen molar-refractivity contribution < 1.29 is 23.4 Å². The number of hydrogen-bond acceptors (Lipinski definition) is 8. The normalized spacial score (nSPS) is 18.4. The number of β-amino-alcohol motifs (C(OH)–C–C–N with tert-alkyl or cyclic N) is 1. The number of hydrogen-bond donors (Lipinski definition) is 1. The Morgan fingerprint density at radius 3 is 2.56 bits per heavy atom. The van der Waals surface area contributed by atoms with Crippen molar-refractivity contribution in [2.45, 2.75) is 38.9 Å². The minimum atomic E-state index is -2.53. The van der Waals surface area contributed by atoms with Crippen molar-refractivity contribution >= 4 is 11.7 Å². The van der Waals surface area contributed by atoms with Gasteiger partial charge in [0.25, 0.3) is 6.43 Å². The molecule has 0 saturated carbocycles. The summed E-state index contributed by atoms with van der Waals surface area (Å²) in [6.07, 6.45) is -1.39. The number of nitrogens with zero attached hydrogens (tertiary/aromatic N) is 7. The zero-order valence-corrected chi connectivity index (χ0v) is 19.8. The number of ether oxygens (including phenoxy) is 1. The molecule has 4 heterocycles. The number of rotatable bonds is 7. The van der Waals surface area contributed by atoms with E-state index in [0.29, 0.717) is 55.0 Å². The van der Waals surface area contributed by atoms with E-state index in [4.69, 9.17) is 4.74 Å². The highest BCUT2D eigenvalue weighted by atomic mass is 19.3. The third-order valence-electron chi connectivity index (χ3n) is 6.59. The van der Waals surface area contributed by atoms with Crippen molar-refractivity contribution in [1.82, 2.24) is 30.1 Å². The highest BCUT2D eigenvalue weighted by molar-refractivity contribution is 5.82. The largest absolute Gasteiger partial charge is 0.470 e. The van der Waals surface area contributed by atoms with E-state index in [1.54, 1.807) is 40.8 Å². The molecule has 1 aromatic carbocycles. The third-order valence-corrected chi connectivity index (χ3v) is 6.59. The Morgan fingerprint density at radius 2 is 1.89 bits per heavy atom. The molecular formula is C24H27F2N7O3. The fourth-order valence-electron chi connectivity index (χ4n) is 4.45. The average Bonchev–Trinajstić information content (AvgIpc) is 3.22. The number of piperidine rings is 1. The number of carbonyl (C=O) groups excluding carboxylic acids is 1. The van der Waals surface area contributed by atoms with E-state index in [1.807, 2.05) is 4.90 Å². The minimum Gasteiger partial charge on any atom is -0.470 e. The fraction of sp³-hybridized carbons (Fsp3) is 0.458. The van der Waals surface area contributed by atoms with Crippen molar-refractivity contribution in [3.8, 4) is 11.6 Å². The molecule has 5 rings (SSSR count). The quantitative estimate of drug-likeness (QED) is 0.528. The van der Waals surface area contributed by atoms with Gasteiger partial charge in [-0.1, -0.05) is 17.3 Å². The van der Waals surface area contributed by atoms with Crippen LogP contribution in [0.4, 0.5) is 14.6 Å². The van der Waals surface area contributed by atoms with E-state index in [2.05, 4.69) is 20.5 Å². The number of aliphatic hydroxyl groups excluding tert-OH is 1. The summed E-state index contributed by atoms with van der Waals surface area (Å²) < 4.78 is 33.0. The van der Waals surface area contributed by atoms with Crippen LogP contribution in [0.15, 0.2) is 36.4 Å². The summed E-state index contributed by atoms with van der Waals surface area (Å²) in [6, 6.07) is 9.34. The summed E-state index contributed by atoms with van der Waals surface area (Å²) in [5.41, 5.74) is 1.85. The van der Waals surface area contributed by atoms with Crippen LogP contribution in [-0.4, -0.2) is 73.4 Å². The lowest BCUT2D eigenvalue weighted by atomic mass is 9.96. The van der Waals surface area contributed by atoms with Crippen molar-refractivity contribution in [2.75, 3.05) is 31.1 Å². The zero-order chi connectivity index (χ0) is 25.2. The van der Waals surface area contributed by atoms with Gasteiger partial charge in [-0.15, -0.1) is 15.3 Å². The number of amides is 1. The number of alkyl halides is 2. The molecule has 12 heteroatoms. The maximum atomic E-state index is 12.8. The van der Waals surface area contributed by atoms with Crippen molar-refractivity contribution in [1.29, 1.82) is 0 Å². The van der Waals surface area contributed by atoms with Gasteiger partial charge in [-0.05, 0) is 38.0 Å². The summed E-state index contributed by atoms with van der Waals surface area (Å²) in [5, 5.41) is 26.3. The monoisotopic (exact) mass is 499 g/mol. The molecule has 1 unspecified atom stereocenters. The molecular weight excluding hydrogens is 472 g/mol. The lowest BCUT2D eigenvalue weighted by molar-refractivity contribution is -0.139. The van der Waals surface area contributed by atoms with Crippen LogP contribution >= 0.6 is 0 Å². The molecule has 0 spiro atoms. The van der Waals surface area contributed by atoms with E-state index in [0.717, 1.165) is 12.8 Å². The molecule has 10 nitrogen and oxygen atoms in total. The second-order valence-electron chi connectivity index (χ2n) is 9.13. The first-order chi connectivity index (χ1) is 17.4. The third kappa shape index (κ3) is 4.99. The molecule has 190 valence electrons. The average molecular weight is 500 g/mol. The van der Waals surface area contributed by atoms with Crippen LogP contribution in [-0.2, 0) is 11.4 Å². The number of benzene rings is 1. The van der Waals surface area contributed by atoms with E-state index in [1.165, 1.54) is 12.1 Å². The Hall–Kier alpha value is -3.67. The lowest BCUT2D eigenvalue weighted by Crippen LogP contribution is -2.56. The molecule has 36 heavy (non-hydrogen) atoms. The Morgan fingerprint density at radius 1 is 1.11 bits per heavy atom. The van der Waals surface area contributed by atoms with Gasteiger partial charge in [-0.3, -0.25) is 4.79 Å². The number of anilines is 1. The molecule has 2 aliphatic heterocycles. The van der Waals surface area contributed by atoms with Crippen LogP contribution in [0.1, 0.15) is 36.2 Å². The number of carbonyl (C=O) groups is 1. The highest BCUT2D eigenvalue weighted by Crippen LogP contribution is 2.26. The summed E-state index contributed by atoms with van der Waals surface area (Å²) in [6.45, 7) is 4.15. The standard InChI is InChI=1S/C24H27F2N7O3/c1-15-20(33(30-27-15)18-6-4-16(5-7-18)23(25)26)14-36-22-9-8-21(28-29-22)32-11-17(12-32)24(35)31-10-2-3-19(34)13-31/h4-9,17,19,23,34H,2-3,10-14H2,1H3. The molecule has 3 aromatic rings. The van der Waals surface area contributed by atoms with Gasteiger partial charge in [0.1, 0.15) is 12.3 Å². The number of aromatic nitrogens is 5. The molecule has 1 atom stereocenters. The van der Waals surface area contributed by atoms with Gasteiger partial charge in [0, 0.05) is 37.8 Å². The predicted octanol–water partition coefficient (Wildman–Crippen LogP) is 2.30. The van der Waals surface area contributed by atoms with E-state index >= 15 is 0 Å². The molecule has 0 bridgehead atoms. The topological polar surface area (TPSA) is 110 Å². The van der Waals surface area contributed by atoms with Crippen molar-refractivity contribution in [2.24, 2.45) is 5.92 Å². The first kappa shape index (κ1) is 24.0. The number of aliphatic hydroxyl groups is 1. The van der Waals surface area contributed by atoms with Crippen LogP contribution in [0.25, 0.3) is 5.69 Å². The Balaban J connectivity index is 1.16. The molecule has 0 aliphatic carbocycles. The highest BCUT2D eigenvalue weighted by Gasteiger charge is 2.37. The Kier molecular flexibility index (Phi) is 6.77. The molecule has 2 aliphatic rings. The molecule has 2 aromatic heterocycles. The van der Waals surface area contributed by atoms with E-state index < -0.39 is 12.5 Å². The van der Waals surface area contributed by atoms with Gasteiger partial charge in [-0.25, -0.2) is 13.5 Å². The first-order valence-corrected chi connectivity index (χ1v) is 11.9. The van der Waals surface area contributed by atoms with Gasteiger partial charge in [0.05, 0.1) is 23.4 Å². The summed E-state index contributed by atoms with van der Waals surface area (Å²) in [4.78, 5) is 16.4. The van der Waals surface area contributed by atoms with Crippen LogP contribution in [0, 0.1) is 12.8 Å². The SMILES string of the molecule is Cc1nnn(-c2ccc(C(F)F)cc2)c1COc1ccc(N2CC(C(=O)N3CCCC(O)C3)C2)nn1. The second kappa shape index (κ2) is 10.1. The van der Waals surface area contributed by atoms with Gasteiger partial charge >= 0.3 is 0 Å². The van der Waals surface area contributed by atoms with Crippen molar-refractivity contribution in [3.05, 3.63) is 53.3 Å². The Bertz CT molecular complexity index is 1200. The maximum absolute atomic E-state index is 12.8. The predicted molar refractivity (Wildman–Crippen MR) is 125 cm³/mol. The van der Waals surface area contributed by atoms with E-state index in [-0.39, 0.29) is 24.0 Å². The maximum Gasteiger partial charge on any atom is 0.263 e. The summed E-state index contributed by atoms with van der Waals surface area (Å²) >= 11 is 0. The zero-order valence-electron chi connectivity index (χ0n) is 19.8. The minimum absolute atomic E-state index is 0.0630. The van der Waals surface area contributed by atoms with Crippen LogP contribution in [0.5, 0.6) is 5.88 Å². The molecule has 0 radical (unpaired) electrons. The van der Waals surface area contributed by atoms with Gasteiger partial charge in [0.15, 0.2) is 5.82 Å². The van der Waals surface area contributed by atoms with E-state index in [9.17, 15) is 18.7 Å². The van der Waals surface area contributed by atoms with Gasteiger partial charge < -0.3 is 19.6 Å². The number of likely N-dealkylation sites (tertiary alicyclic amines) is 1. The lowest BCUT2D eigenvalue weighted by Gasteiger charge is -2.42. The smallest absolute Gasteiger partial charge is 0.263 e. The van der Waals surface area contributed by atoms with Gasteiger partial charge in [-0.2, -0.15) is 0 Å². The second-order valence-corrected chi connectivity index (χ2v) is 9.13. The molecule has 2 saturated heterocycles. The first-order valence-electron chi connectivity index (χ1n) is 11.9. The van der Waals surface area contributed by atoms with Gasteiger partial charge in [0.2, 0.25) is 11.8 Å². The molecule has 2 fully saturated rings. The fourth-order valence-corrected chi connectivity index (χ4v) is 4.45. The van der Waals surface area contributed by atoms with Crippen LogP contribution in [0.2, 0.25) is 0 Å². The number of halogens is 2. The van der Waals surface area contributed by atoms with Crippen molar-refractivity contribution in [3.63, 3.8) is 0 Å². The van der Waals surface area contributed by atoms with Crippen LogP contribution < -0.4 is 9.64 Å².